The third kappa shape index (κ3) is 1.39. The Kier molecular flexibility index (Phi) is 1.94. The standard InChI is InChI=1S/C7H11N3O/c1-5-6(11)7(10(2)3)9-4-8-5/h4,11H,1-3H3. The number of anilines is 1. The van der Waals surface area contributed by atoms with E-state index in [1.54, 1.807) is 11.8 Å². The van der Waals surface area contributed by atoms with Gasteiger partial charge >= 0.3 is 0 Å². The minimum Gasteiger partial charge on any atom is -0.503 e. The molecule has 0 atom stereocenters. The molecule has 4 nitrogen and oxygen atoms in total. The fourth-order valence-electron chi connectivity index (χ4n) is 0.782. The van der Waals surface area contributed by atoms with E-state index in [2.05, 4.69) is 9.97 Å². The molecule has 0 radical (unpaired) electrons. The predicted octanol–water partition coefficient (Wildman–Crippen LogP) is 0.557. The molecule has 1 heterocycles. The average Bonchev–Trinajstić information content (AvgIpc) is 1.94. The summed E-state index contributed by atoms with van der Waals surface area (Å²) in [5, 5.41) is 9.40. The van der Waals surface area contributed by atoms with Crippen molar-refractivity contribution in [3.05, 3.63) is 12.0 Å². The van der Waals surface area contributed by atoms with E-state index < -0.39 is 0 Å². The van der Waals surface area contributed by atoms with E-state index in [9.17, 15) is 5.11 Å². The second-order valence-electron chi connectivity index (χ2n) is 2.53. The van der Waals surface area contributed by atoms with Crippen molar-refractivity contribution in [3.63, 3.8) is 0 Å². The second-order valence-corrected chi connectivity index (χ2v) is 2.53. The van der Waals surface area contributed by atoms with Crippen molar-refractivity contribution in [1.82, 2.24) is 9.97 Å². The Balaban J connectivity index is 3.17. The van der Waals surface area contributed by atoms with Gasteiger partial charge < -0.3 is 10.0 Å². The van der Waals surface area contributed by atoms with E-state index in [0.717, 1.165) is 0 Å². The van der Waals surface area contributed by atoms with E-state index >= 15 is 0 Å². The van der Waals surface area contributed by atoms with Gasteiger partial charge in [-0.05, 0) is 6.92 Å². The topological polar surface area (TPSA) is 49.2 Å². The molecule has 0 saturated carbocycles. The third-order valence-corrected chi connectivity index (χ3v) is 1.41. The maximum atomic E-state index is 9.40. The summed E-state index contributed by atoms with van der Waals surface area (Å²) in [4.78, 5) is 9.48. The SMILES string of the molecule is Cc1ncnc(N(C)C)c1O. The van der Waals surface area contributed by atoms with Crippen molar-refractivity contribution in [2.45, 2.75) is 6.92 Å². The Morgan fingerprint density at radius 1 is 1.36 bits per heavy atom. The number of hydrogen-bond donors (Lipinski definition) is 1. The van der Waals surface area contributed by atoms with Crippen molar-refractivity contribution < 1.29 is 5.11 Å². The largest absolute Gasteiger partial charge is 0.503 e. The molecule has 1 rings (SSSR count). The summed E-state index contributed by atoms with van der Waals surface area (Å²) in [5.74, 6) is 0.704. The predicted molar refractivity (Wildman–Crippen MR) is 42.8 cm³/mol. The maximum Gasteiger partial charge on any atom is 0.180 e. The fourth-order valence-corrected chi connectivity index (χ4v) is 0.782. The molecule has 1 aromatic rings. The number of nitrogens with zero attached hydrogens (tertiary/aromatic N) is 3. The highest BCUT2D eigenvalue weighted by Crippen LogP contribution is 2.23. The van der Waals surface area contributed by atoms with Crippen molar-refractivity contribution in [3.8, 4) is 5.75 Å². The van der Waals surface area contributed by atoms with Gasteiger partial charge in [-0.2, -0.15) is 0 Å². The highest BCUT2D eigenvalue weighted by atomic mass is 16.3. The van der Waals surface area contributed by atoms with Crippen LogP contribution in [0.5, 0.6) is 5.75 Å². The molecule has 60 valence electrons. The van der Waals surface area contributed by atoms with Crippen molar-refractivity contribution in [2.75, 3.05) is 19.0 Å². The molecule has 11 heavy (non-hydrogen) atoms. The van der Waals surface area contributed by atoms with E-state index in [1.807, 2.05) is 14.1 Å². The Hall–Kier alpha value is -1.32. The smallest absolute Gasteiger partial charge is 0.180 e. The summed E-state index contributed by atoms with van der Waals surface area (Å²) in [5.41, 5.74) is 0.601. The maximum absolute atomic E-state index is 9.40. The summed E-state index contributed by atoms with van der Waals surface area (Å²) < 4.78 is 0. The van der Waals surface area contributed by atoms with Crippen LogP contribution in [0.3, 0.4) is 0 Å². The molecule has 1 N–H and O–H groups in total. The lowest BCUT2D eigenvalue weighted by Gasteiger charge is -2.12. The lowest BCUT2D eigenvalue weighted by atomic mass is 10.4. The van der Waals surface area contributed by atoms with Gasteiger partial charge in [-0.3, -0.25) is 0 Å². The summed E-state index contributed by atoms with van der Waals surface area (Å²) in [6, 6.07) is 0. The third-order valence-electron chi connectivity index (χ3n) is 1.41. The van der Waals surface area contributed by atoms with Gasteiger partial charge in [0.2, 0.25) is 0 Å². The zero-order valence-corrected chi connectivity index (χ0v) is 6.87. The minimum atomic E-state index is 0.150. The lowest BCUT2D eigenvalue weighted by Crippen LogP contribution is -2.11. The molecular weight excluding hydrogens is 142 g/mol. The van der Waals surface area contributed by atoms with E-state index in [0.29, 0.717) is 11.5 Å². The molecule has 0 aliphatic heterocycles. The highest BCUT2D eigenvalue weighted by molar-refractivity contribution is 5.51. The minimum absolute atomic E-state index is 0.150. The van der Waals surface area contributed by atoms with Crippen molar-refractivity contribution in [1.29, 1.82) is 0 Å². The van der Waals surface area contributed by atoms with Crippen LogP contribution < -0.4 is 4.90 Å². The number of rotatable bonds is 1. The molecule has 0 aliphatic rings. The molecule has 0 saturated heterocycles. The molecule has 4 heteroatoms. The van der Waals surface area contributed by atoms with Crippen LogP contribution in [0.1, 0.15) is 5.69 Å². The number of aromatic hydroxyl groups is 1. The van der Waals surface area contributed by atoms with Gasteiger partial charge in [0.1, 0.15) is 6.33 Å². The summed E-state index contributed by atoms with van der Waals surface area (Å²) in [7, 11) is 3.64. The number of hydrogen-bond acceptors (Lipinski definition) is 4. The van der Waals surface area contributed by atoms with Crippen LogP contribution in [0.25, 0.3) is 0 Å². The molecule has 1 aromatic heterocycles. The zero-order chi connectivity index (χ0) is 8.43. The van der Waals surface area contributed by atoms with E-state index in [1.165, 1.54) is 6.33 Å². The van der Waals surface area contributed by atoms with Gasteiger partial charge in [0.25, 0.3) is 0 Å². The lowest BCUT2D eigenvalue weighted by molar-refractivity contribution is 0.465. The van der Waals surface area contributed by atoms with Crippen LogP contribution in [0.15, 0.2) is 6.33 Å². The first-order valence-corrected chi connectivity index (χ1v) is 3.31. The first-order chi connectivity index (χ1) is 5.13. The zero-order valence-electron chi connectivity index (χ0n) is 6.87. The van der Waals surface area contributed by atoms with Crippen LogP contribution in [0.4, 0.5) is 5.82 Å². The molecule has 0 aliphatic carbocycles. The van der Waals surface area contributed by atoms with Crippen LogP contribution in [-0.2, 0) is 0 Å². The fraction of sp³-hybridized carbons (Fsp3) is 0.429. The summed E-state index contributed by atoms with van der Waals surface area (Å²) in [6.45, 7) is 1.74. The average molecular weight is 153 g/mol. The normalized spacial score (nSPS) is 9.73. The molecule has 0 amide bonds. The molecule has 0 bridgehead atoms. The molecule has 0 unspecified atom stereocenters. The van der Waals surface area contributed by atoms with Crippen molar-refractivity contribution in [2.24, 2.45) is 0 Å². The summed E-state index contributed by atoms with van der Waals surface area (Å²) >= 11 is 0. The monoisotopic (exact) mass is 153 g/mol. The van der Waals surface area contributed by atoms with Gasteiger partial charge in [-0.1, -0.05) is 0 Å². The summed E-state index contributed by atoms with van der Waals surface area (Å²) in [6.07, 6.45) is 1.43. The van der Waals surface area contributed by atoms with E-state index in [4.69, 9.17) is 0 Å². The second kappa shape index (κ2) is 2.74. The Labute approximate surface area is 65.5 Å². The van der Waals surface area contributed by atoms with Gasteiger partial charge in [0.15, 0.2) is 11.6 Å². The number of aromatic nitrogens is 2. The quantitative estimate of drug-likeness (QED) is 0.640. The molecule has 0 spiro atoms. The molecule has 0 fully saturated rings. The molecular formula is C7H11N3O. The van der Waals surface area contributed by atoms with Crippen molar-refractivity contribution >= 4 is 5.82 Å². The number of aryl methyl sites for hydroxylation is 1. The van der Waals surface area contributed by atoms with Crippen LogP contribution in [0, 0.1) is 6.92 Å². The Morgan fingerprint density at radius 2 is 2.00 bits per heavy atom. The Bertz CT molecular complexity index is 260. The van der Waals surface area contributed by atoms with Gasteiger partial charge in [0, 0.05) is 14.1 Å². The van der Waals surface area contributed by atoms with E-state index in [-0.39, 0.29) is 5.75 Å². The van der Waals surface area contributed by atoms with Crippen LogP contribution in [-0.4, -0.2) is 29.2 Å². The van der Waals surface area contributed by atoms with Crippen LogP contribution >= 0.6 is 0 Å². The Morgan fingerprint density at radius 3 is 2.45 bits per heavy atom. The highest BCUT2D eigenvalue weighted by Gasteiger charge is 2.06. The van der Waals surface area contributed by atoms with Crippen LogP contribution in [0.2, 0.25) is 0 Å². The van der Waals surface area contributed by atoms with Gasteiger partial charge in [-0.25, -0.2) is 9.97 Å². The first-order valence-electron chi connectivity index (χ1n) is 3.31. The first kappa shape index (κ1) is 7.78. The molecule has 0 aromatic carbocycles. The van der Waals surface area contributed by atoms with Gasteiger partial charge in [-0.15, -0.1) is 0 Å². The van der Waals surface area contributed by atoms with Gasteiger partial charge in [0.05, 0.1) is 5.69 Å².